The molecule has 2 aliphatic heterocycles. The highest BCUT2D eigenvalue weighted by Crippen LogP contribution is 2.37. The molecular weight excluding hydrogens is 219 g/mol. The van der Waals surface area contributed by atoms with Crippen molar-refractivity contribution in [2.45, 2.75) is 24.9 Å². The van der Waals surface area contributed by atoms with Crippen LogP contribution in [-0.4, -0.2) is 25.2 Å². The lowest BCUT2D eigenvalue weighted by atomic mass is 9.89. The molecule has 2 heterocycles. The van der Waals surface area contributed by atoms with Gasteiger partial charge in [0.05, 0.1) is 5.69 Å². The lowest BCUT2D eigenvalue weighted by Crippen LogP contribution is -2.46. The van der Waals surface area contributed by atoms with Crippen LogP contribution >= 0.6 is 0 Å². The SMILES string of the molecule is Fc1ccc2c(c1)OC1(CCNCC1)CCN2. The summed E-state index contributed by atoms with van der Waals surface area (Å²) in [4.78, 5) is 0. The summed E-state index contributed by atoms with van der Waals surface area (Å²) in [5.41, 5.74) is 0.791. The molecule has 3 nitrogen and oxygen atoms in total. The average Bonchev–Trinajstić information content (AvgIpc) is 2.49. The van der Waals surface area contributed by atoms with Crippen molar-refractivity contribution >= 4 is 5.69 Å². The summed E-state index contributed by atoms with van der Waals surface area (Å²) in [6.07, 6.45) is 2.96. The third kappa shape index (κ3) is 2.09. The number of hydrogen-bond acceptors (Lipinski definition) is 3. The largest absolute Gasteiger partial charge is 0.485 e. The number of ether oxygens (including phenoxy) is 1. The van der Waals surface area contributed by atoms with Crippen molar-refractivity contribution < 1.29 is 9.13 Å². The molecule has 2 aliphatic rings. The Morgan fingerprint density at radius 1 is 1.12 bits per heavy atom. The Bertz CT molecular complexity index is 416. The maximum Gasteiger partial charge on any atom is 0.146 e. The Balaban J connectivity index is 1.92. The van der Waals surface area contributed by atoms with Gasteiger partial charge < -0.3 is 15.4 Å². The topological polar surface area (TPSA) is 33.3 Å². The second kappa shape index (κ2) is 4.18. The second-order valence-electron chi connectivity index (χ2n) is 4.85. The second-order valence-corrected chi connectivity index (χ2v) is 4.85. The molecule has 3 rings (SSSR count). The summed E-state index contributed by atoms with van der Waals surface area (Å²) < 4.78 is 19.4. The minimum absolute atomic E-state index is 0.114. The van der Waals surface area contributed by atoms with Crippen molar-refractivity contribution in [1.29, 1.82) is 0 Å². The van der Waals surface area contributed by atoms with Crippen LogP contribution in [0.2, 0.25) is 0 Å². The first-order valence-corrected chi connectivity index (χ1v) is 6.21. The number of anilines is 1. The van der Waals surface area contributed by atoms with Gasteiger partial charge >= 0.3 is 0 Å². The predicted molar refractivity (Wildman–Crippen MR) is 65.0 cm³/mol. The molecule has 1 aromatic rings. The molecule has 0 radical (unpaired) electrons. The molecule has 1 saturated heterocycles. The van der Waals surface area contributed by atoms with Crippen LogP contribution < -0.4 is 15.4 Å². The molecule has 1 spiro atoms. The number of piperidine rings is 1. The molecule has 0 atom stereocenters. The molecular formula is C13H17FN2O. The summed E-state index contributed by atoms with van der Waals surface area (Å²) in [6.45, 7) is 2.84. The van der Waals surface area contributed by atoms with E-state index in [0.29, 0.717) is 5.75 Å². The van der Waals surface area contributed by atoms with E-state index in [-0.39, 0.29) is 11.4 Å². The Labute approximate surface area is 100 Å². The molecule has 4 heteroatoms. The van der Waals surface area contributed by atoms with Gasteiger partial charge in [0.2, 0.25) is 0 Å². The van der Waals surface area contributed by atoms with E-state index in [1.54, 1.807) is 6.07 Å². The highest BCUT2D eigenvalue weighted by Gasteiger charge is 2.36. The third-order valence-corrected chi connectivity index (χ3v) is 3.68. The van der Waals surface area contributed by atoms with Crippen molar-refractivity contribution in [1.82, 2.24) is 5.32 Å². The van der Waals surface area contributed by atoms with E-state index in [2.05, 4.69) is 10.6 Å². The molecule has 0 unspecified atom stereocenters. The van der Waals surface area contributed by atoms with Crippen LogP contribution in [0.25, 0.3) is 0 Å². The van der Waals surface area contributed by atoms with Crippen molar-refractivity contribution in [3.8, 4) is 5.75 Å². The smallest absolute Gasteiger partial charge is 0.146 e. The Hall–Kier alpha value is -1.29. The highest BCUT2D eigenvalue weighted by molar-refractivity contribution is 5.57. The van der Waals surface area contributed by atoms with Crippen LogP contribution in [-0.2, 0) is 0 Å². The standard InChI is InChI=1S/C13H17FN2O/c14-10-1-2-11-12(9-10)17-13(5-8-16-11)3-6-15-7-4-13/h1-2,9,15-16H,3-8H2. The first kappa shape index (κ1) is 10.8. The fraction of sp³-hybridized carbons (Fsp3) is 0.538. The van der Waals surface area contributed by atoms with Gasteiger partial charge in [-0.3, -0.25) is 0 Å². The molecule has 17 heavy (non-hydrogen) atoms. The number of rotatable bonds is 0. The molecule has 1 fully saturated rings. The Morgan fingerprint density at radius 2 is 1.88 bits per heavy atom. The lowest BCUT2D eigenvalue weighted by Gasteiger charge is -2.36. The van der Waals surface area contributed by atoms with Crippen LogP contribution in [0.3, 0.4) is 0 Å². The number of nitrogens with one attached hydrogen (secondary N) is 2. The monoisotopic (exact) mass is 236 g/mol. The van der Waals surface area contributed by atoms with E-state index in [9.17, 15) is 4.39 Å². The molecule has 0 aromatic heterocycles. The average molecular weight is 236 g/mol. The predicted octanol–water partition coefficient (Wildman–Crippen LogP) is 2.14. The van der Waals surface area contributed by atoms with E-state index in [0.717, 1.165) is 44.6 Å². The fourth-order valence-electron chi connectivity index (χ4n) is 2.67. The number of fused-ring (bicyclic) bond motifs is 1. The normalized spacial score (nSPS) is 22.2. The van der Waals surface area contributed by atoms with Crippen molar-refractivity contribution in [3.05, 3.63) is 24.0 Å². The van der Waals surface area contributed by atoms with Gasteiger partial charge in [0, 0.05) is 19.0 Å². The van der Waals surface area contributed by atoms with Crippen molar-refractivity contribution in [2.75, 3.05) is 25.0 Å². The zero-order valence-electron chi connectivity index (χ0n) is 9.76. The van der Waals surface area contributed by atoms with E-state index in [1.807, 2.05) is 0 Å². The van der Waals surface area contributed by atoms with Gasteiger partial charge in [-0.15, -0.1) is 0 Å². The molecule has 0 aliphatic carbocycles. The van der Waals surface area contributed by atoms with Crippen molar-refractivity contribution in [2.24, 2.45) is 0 Å². The van der Waals surface area contributed by atoms with Gasteiger partial charge in [-0.05, 0) is 38.1 Å². The van der Waals surface area contributed by atoms with Gasteiger partial charge in [-0.1, -0.05) is 0 Å². The van der Waals surface area contributed by atoms with E-state index < -0.39 is 0 Å². The number of hydrogen-bond donors (Lipinski definition) is 2. The summed E-state index contributed by atoms with van der Waals surface area (Å²) in [5, 5.41) is 6.65. The minimum atomic E-state index is -0.239. The maximum atomic E-state index is 13.3. The van der Waals surface area contributed by atoms with Gasteiger partial charge in [-0.2, -0.15) is 0 Å². The zero-order valence-corrected chi connectivity index (χ0v) is 9.76. The highest BCUT2D eigenvalue weighted by atomic mass is 19.1. The first-order chi connectivity index (χ1) is 8.27. The van der Waals surface area contributed by atoms with E-state index in [4.69, 9.17) is 4.74 Å². The molecule has 92 valence electrons. The van der Waals surface area contributed by atoms with Crippen LogP contribution in [0.15, 0.2) is 18.2 Å². The molecule has 2 N–H and O–H groups in total. The van der Waals surface area contributed by atoms with Gasteiger partial charge in [0.15, 0.2) is 0 Å². The maximum absolute atomic E-state index is 13.3. The summed E-state index contributed by atoms with van der Waals surface area (Å²) >= 11 is 0. The van der Waals surface area contributed by atoms with Crippen LogP contribution in [0.4, 0.5) is 10.1 Å². The number of benzene rings is 1. The molecule has 1 aromatic carbocycles. The minimum Gasteiger partial charge on any atom is -0.485 e. The van der Waals surface area contributed by atoms with Crippen LogP contribution in [0, 0.1) is 5.82 Å². The first-order valence-electron chi connectivity index (χ1n) is 6.21. The quantitative estimate of drug-likeness (QED) is 0.724. The van der Waals surface area contributed by atoms with Gasteiger partial charge in [-0.25, -0.2) is 4.39 Å². The van der Waals surface area contributed by atoms with Crippen LogP contribution in [0.5, 0.6) is 5.75 Å². The van der Waals surface area contributed by atoms with Crippen LogP contribution in [0.1, 0.15) is 19.3 Å². The Morgan fingerprint density at radius 3 is 2.71 bits per heavy atom. The third-order valence-electron chi connectivity index (χ3n) is 3.68. The van der Waals surface area contributed by atoms with Gasteiger partial charge in [0.25, 0.3) is 0 Å². The molecule has 0 amide bonds. The molecule has 0 bridgehead atoms. The Kier molecular flexibility index (Phi) is 2.67. The van der Waals surface area contributed by atoms with E-state index in [1.165, 1.54) is 12.1 Å². The zero-order chi connectivity index (χ0) is 11.7. The summed E-state index contributed by atoms with van der Waals surface area (Å²) in [5.74, 6) is 0.418. The lowest BCUT2D eigenvalue weighted by molar-refractivity contribution is 0.0353. The van der Waals surface area contributed by atoms with Gasteiger partial charge in [0.1, 0.15) is 17.2 Å². The number of halogens is 1. The summed E-state index contributed by atoms with van der Waals surface area (Å²) in [7, 11) is 0. The molecule has 0 saturated carbocycles. The fourth-order valence-corrected chi connectivity index (χ4v) is 2.67. The van der Waals surface area contributed by atoms with Crippen molar-refractivity contribution in [3.63, 3.8) is 0 Å². The summed E-state index contributed by atoms with van der Waals surface area (Å²) in [6, 6.07) is 4.71. The van der Waals surface area contributed by atoms with E-state index >= 15 is 0 Å².